The molecule has 1 fully saturated rings. The number of aldehydes is 1. The van der Waals surface area contributed by atoms with Crippen LogP contribution in [0.1, 0.15) is 18.1 Å². The van der Waals surface area contributed by atoms with Crippen molar-refractivity contribution in [1.82, 2.24) is 0 Å². The van der Waals surface area contributed by atoms with Crippen LogP contribution in [0.15, 0.2) is 30.3 Å². The molecule has 1 aliphatic heterocycles. The van der Waals surface area contributed by atoms with Crippen molar-refractivity contribution in [3.63, 3.8) is 0 Å². The third-order valence-corrected chi connectivity index (χ3v) is 2.72. The molecule has 0 N–H and O–H groups in total. The predicted molar refractivity (Wildman–Crippen MR) is 55.2 cm³/mol. The van der Waals surface area contributed by atoms with Gasteiger partial charge in [0.2, 0.25) is 0 Å². The Morgan fingerprint density at radius 3 is 2.73 bits per heavy atom. The van der Waals surface area contributed by atoms with E-state index >= 15 is 0 Å². The zero-order chi connectivity index (χ0) is 10.7. The zero-order valence-electron chi connectivity index (χ0n) is 8.63. The highest BCUT2D eigenvalue weighted by molar-refractivity contribution is 5.56. The maximum Gasteiger partial charge on any atom is 0.158 e. The molecule has 3 nitrogen and oxygen atoms in total. The fourth-order valence-electron chi connectivity index (χ4n) is 1.91. The Balaban J connectivity index is 2.18. The molecule has 0 spiro atoms. The fourth-order valence-corrected chi connectivity index (χ4v) is 1.91. The molecule has 0 saturated carbocycles. The molecule has 0 aromatic heterocycles. The summed E-state index contributed by atoms with van der Waals surface area (Å²) in [4.78, 5) is 10.9. The summed E-state index contributed by atoms with van der Waals surface area (Å²) < 4.78 is 10.8. The molecular formula is C12H14O3. The summed E-state index contributed by atoms with van der Waals surface area (Å²) in [6.07, 6.45) is 1.18. The molecule has 0 aliphatic carbocycles. The average molecular weight is 206 g/mol. The van der Waals surface area contributed by atoms with Gasteiger partial charge in [-0.05, 0) is 5.56 Å². The summed E-state index contributed by atoms with van der Waals surface area (Å²) in [6, 6.07) is 9.78. The van der Waals surface area contributed by atoms with Gasteiger partial charge in [0.15, 0.2) is 6.29 Å². The summed E-state index contributed by atoms with van der Waals surface area (Å²) in [7, 11) is 1.60. The van der Waals surface area contributed by atoms with Crippen LogP contribution in [0.3, 0.4) is 0 Å². The van der Waals surface area contributed by atoms with Crippen LogP contribution in [0.5, 0.6) is 0 Å². The highest BCUT2D eigenvalue weighted by Crippen LogP contribution is 2.36. The van der Waals surface area contributed by atoms with Crippen molar-refractivity contribution in [1.29, 1.82) is 0 Å². The second kappa shape index (κ2) is 4.55. The Morgan fingerprint density at radius 1 is 1.40 bits per heavy atom. The molecule has 2 rings (SSSR count). The van der Waals surface area contributed by atoms with Gasteiger partial charge in [-0.1, -0.05) is 30.3 Å². The molecule has 15 heavy (non-hydrogen) atoms. The number of hydrogen-bond donors (Lipinski definition) is 0. The number of ether oxygens (including phenoxy) is 2. The lowest BCUT2D eigenvalue weighted by Crippen LogP contribution is -2.08. The molecule has 0 radical (unpaired) electrons. The first-order chi connectivity index (χ1) is 7.35. The number of carbonyl (C=O) groups excluding carboxylic acids is 1. The van der Waals surface area contributed by atoms with Crippen molar-refractivity contribution in [2.75, 3.05) is 7.11 Å². The van der Waals surface area contributed by atoms with E-state index in [2.05, 4.69) is 0 Å². The van der Waals surface area contributed by atoms with Crippen molar-refractivity contribution in [2.45, 2.75) is 18.8 Å². The molecule has 1 saturated heterocycles. The van der Waals surface area contributed by atoms with Gasteiger partial charge < -0.3 is 14.3 Å². The lowest BCUT2D eigenvalue weighted by Gasteiger charge is -2.14. The van der Waals surface area contributed by atoms with E-state index < -0.39 is 0 Å². The Kier molecular flexibility index (Phi) is 3.14. The number of rotatable bonds is 3. The molecule has 0 bridgehead atoms. The van der Waals surface area contributed by atoms with Gasteiger partial charge >= 0.3 is 0 Å². The maximum absolute atomic E-state index is 10.9. The van der Waals surface area contributed by atoms with Crippen molar-refractivity contribution >= 4 is 6.29 Å². The zero-order valence-corrected chi connectivity index (χ0v) is 8.63. The third kappa shape index (κ3) is 2.08. The van der Waals surface area contributed by atoms with E-state index in [4.69, 9.17) is 9.47 Å². The Bertz CT molecular complexity index is 323. The maximum atomic E-state index is 10.9. The van der Waals surface area contributed by atoms with Crippen LogP contribution in [0.2, 0.25) is 0 Å². The van der Waals surface area contributed by atoms with Gasteiger partial charge in [-0.3, -0.25) is 0 Å². The SMILES string of the molecule is COC1CC(C=O)C(c2ccccc2)O1. The molecule has 1 aromatic carbocycles. The number of carbonyl (C=O) groups is 1. The van der Waals surface area contributed by atoms with Crippen LogP contribution in [-0.2, 0) is 14.3 Å². The smallest absolute Gasteiger partial charge is 0.158 e. The van der Waals surface area contributed by atoms with Crippen LogP contribution >= 0.6 is 0 Å². The largest absolute Gasteiger partial charge is 0.356 e. The van der Waals surface area contributed by atoms with Crippen LogP contribution in [-0.4, -0.2) is 19.7 Å². The van der Waals surface area contributed by atoms with Gasteiger partial charge in [0.1, 0.15) is 6.29 Å². The molecule has 3 heteroatoms. The minimum absolute atomic E-state index is 0.0997. The van der Waals surface area contributed by atoms with Gasteiger partial charge in [0.25, 0.3) is 0 Å². The van der Waals surface area contributed by atoms with Crippen LogP contribution in [0.4, 0.5) is 0 Å². The number of methoxy groups -OCH3 is 1. The topological polar surface area (TPSA) is 35.5 Å². The number of benzene rings is 1. The standard InChI is InChI=1S/C12H14O3/c1-14-11-7-10(8-13)12(15-11)9-5-3-2-4-6-9/h2-6,8,10-12H,7H2,1H3. The lowest BCUT2D eigenvalue weighted by atomic mass is 9.97. The van der Waals surface area contributed by atoms with Gasteiger partial charge in [-0.2, -0.15) is 0 Å². The summed E-state index contributed by atoms with van der Waals surface area (Å²) >= 11 is 0. The second-order valence-electron chi connectivity index (χ2n) is 3.67. The van der Waals surface area contributed by atoms with E-state index in [1.54, 1.807) is 7.11 Å². The van der Waals surface area contributed by atoms with Crippen LogP contribution in [0, 0.1) is 5.92 Å². The average Bonchev–Trinajstić information content (AvgIpc) is 2.73. The lowest BCUT2D eigenvalue weighted by molar-refractivity contribution is -0.121. The van der Waals surface area contributed by atoms with Gasteiger partial charge in [-0.15, -0.1) is 0 Å². The molecule has 1 aliphatic rings. The van der Waals surface area contributed by atoms with Crippen molar-refractivity contribution in [2.24, 2.45) is 5.92 Å². The van der Waals surface area contributed by atoms with Crippen molar-refractivity contribution in [3.8, 4) is 0 Å². The van der Waals surface area contributed by atoms with E-state index in [0.717, 1.165) is 11.8 Å². The fraction of sp³-hybridized carbons (Fsp3) is 0.417. The molecule has 1 heterocycles. The van der Waals surface area contributed by atoms with Crippen molar-refractivity contribution in [3.05, 3.63) is 35.9 Å². The Labute approximate surface area is 89.0 Å². The predicted octanol–water partition coefficient (Wildman–Crippen LogP) is 1.94. The Morgan fingerprint density at radius 2 is 2.13 bits per heavy atom. The Hall–Kier alpha value is -1.19. The van der Waals surface area contributed by atoms with E-state index in [-0.39, 0.29) is 18.3 Å². The van der Waals surface area contributed by atoms with E-state index in [0.29, 0.717) is 6.42 Å². The van der Waals surface area contributed by atoms with Crippen LogP contribution < -0.4 is 0 Å². The normalized spacial score (nSPS) is 30.3. The minimum atomic E-state index is -0.259. The monoisotopic (exact) mass is 206 g/mol. The van der Waals surface area contributed by atoms with Gasteiger partial charge in [0, 0.05) is 19.4 Å². The number of hydrogen-bond acceptors (Lipinski definition) is 3. The highest BCUT2D eigenvalue weighted by Gasteiger charge is 2.35. The quantitative estimate of drug-likeness (QED) is 0.709. The molecule has 80 valence electrons. The van der Waals surface area contributed by atoms with Crippen LogP contribution in [0.25, 0.3) is 0 Å². The van der Waals surface area contributed by atoms with Gasteiger partial charge in [0.05, 0.1) is 6.10 Å². The van der Waals surface area contributed by atoms with E-state index in [1.165, 1.54) is 0 Å². The van der Waals surface area contributed by atoms with Gasteiger partial charge in [-0.25, -0.2) is 0 Å². The molecule has 3 atom stereocenters. The second-order valence-corrected chi connectivity index (χ2v) is 3.67. The summed E-state index contributed by atoms with van der Waals surface area (Å²) in [5.74, 6) is -0.0997. The first-order valence-corrected chi connectivity index (χ1v) is 5.03. The highest BCUT2D eigenvalue weighted by atomic mass is 16.7. The first kappa shape index (κ1) is 10.3. The van der Waals surface area contributed by atoms with E-state index in [9.17, 15) is 4.79 Å². The molecule has 1 aromatic rings. The third-order valence-electron chi connectivity index (χ3n) is 2.72. The summed E-state index contributed by atoms with van der Waals surface area (Å²) in [6.45, 7) is 0. The molecule has 3 unspecified atom stereocenters. The van der Waals surface area contributed by atoms with Crippen molar-refractivity contribution < 1.29 is 14.3 Å². The summed E-state index contributed by atoms with van der Waals surface area (Å²) in [5.41, 5.74) is 1.04. The molecular weight excluding hydrogens is 192 g/mol. The molecule has 0 amide bonds. The summed E-state index contributed by atoms with van der Waals surface area (Å²) in [5, 5.41) is 0. The van der Waals surface area contributed by atoms with E-state index in [1.807, 2.05) is 30.3 Å². The minimum Gasteiger partial charge on any atom is -0.356 e. The first-order valence-electron chi connectivity index (χ1n) is 5.03.